The molecule has 1 aromatic carbocycles. The van der Waals surface area contributed by atoms with Crippen molar-refractivity contribution in [2.45, 2.75) is 26.4 Å². The van der Waals surface area contributed by atoms with Crippen molar-refractivity contribution < 1.29 is 14.2 Å². The monoisotopic (exact) mass is 241 g/mol. The predicted octanol–water partition coefficient (Wildman–Crippen LogP) is 2.03. The summed E-state index contributed by atoms with van der Waals surface area (Å²) in [7, 11) is 1.48. The minimum absolute atomic E-state index is 0.00366. The van der Waals surface area contributed by atoms with E-state index in [1.807, 2.05) is 20.8 Å². The van der Waals surface area contributed by atoms with Crippen LogP contribution in [0.25, 0.3) is 0 Å². The number of hydrogen-bond acceptors (Lipinski definition) is 3. The molecule has 4 heteroatoms. The lowest BCUT2D eigenvalue weighted by Crippen LogP contribution is -2.46. The summed E-state index contributed by atoms with van der Waals surface area (Å²) in [6.45, 7) is 5.55. The van der Waals surface area contributed by atoms with Crippen molar-refractivity contribution in [2.24, 2.45) is 11.1 Å². The van der Waals surface area contributed by atoms with Crippen LogP contribution in [-0.4, -0.2) is 18.8 Å². The van der Waals surface area contributed by atoms with Crippen LogP contribution in [0.1, 0.15) is 26.3 Å². The highest BCUT2D eigenvalue weighted by molar-refractivity contribution is 5.40. The summed E-state index contributed by atoms with van der Waals surface area (Å²) in [5.74, 6) is 0.0196. The van der Waals surface area contributed by atoms with Gasteiger partial charge in [-0.3, -0.25) is 0 Å². The van der Waals surface area contributed by atoms with Gasteiger partial charge in [0.05, 0.1) is 7.11 Å². The fourth-order valence-electron chi connectivity index (χ4n) is 1.82. The third-order valence-corrected chi connectivity index (χ3v) is 3.14. The van der Waals surface area contributed by atoms with Crippen LogP contribution >= 0.6 is 0 Å². The van der Waals surface area contributed by atoms with Crippen LogP contribution in [0.3, 0.4) is 0 Å². The Balaban J connectivity index is 3.43. The summed E-state index contributed by atoms with van der Waals surface area (Å²) in [4.78, 5) is 0. The van der Waals surface area contributed by atoms with Crippen molar-refractivity contribution >= 4 is 0 Å². The van der Waals surface area contributed by atoms with Crippen molar-refractivity contribution in [1.29, 1.82) is 0 Å². The molecule has 96 valence electrons. The van der Waals surface area contributed by atoms with Crippen molar-refractivity contribution in [2.75, 3.05) is 13.7 Å². The van der Waals surface area contributed by atoms with Crippen LogP contribution in [0.2, 0.25) is 0 Å². The molecule has 0 aliphatic carbocycles. The molecule has 0 aliphatic rings. The van der Waals surface area contributed by atoms with E-state index in [0.29, 0.717) is 11.3 Å². The molecule has 3 N–H and O–H groups in total. The molecule has 0 saturated heterocycles. The number of methoxy groups -OCH3 is 1. The minimum Gasteiger partial charge on any atom is -0.496 e. The first kappa shape index (κ1) is 13.9. The number of benzene rings is 1. The Hall–Kier alpha value is -1.13. The van der Waals surface area contributed by atoms with Crippen molar-refractivity contribution in [1.82, 2.24) is 0 Å². The first-order valence-corrected chi connectivity index (χ1v) is 5.52. The van der Waals surface area contributed by atoms with E-state index in [9.17, 15) is 9.50 Å². The average Bonchev–Trinajstić information content (AvgIpc) is 2.26. The molecule has 0 aromatic heterocycles. The van der Waals surface area contributed by atoms with Crippen molar-refractivity contribution in [3.05, 3.63) is 29.6 Å². The molecule has 1 unspecified atom stereocenters. The fourth-order valence-corrected chi connectivity index (χ4v) is 1.82. The molecule has 0 bridgehead atoms. The highest BCUT2D eigenvalue weighted by Gasteiger charge is 2.42. The summed E-state index contributed by atoms with van der Waals surface area (Å²) in [6.07, 6.45) is 0. The second kappa shape index (κ2) is 4.63. The van der Waals surface area contributed by atoms with Gasteiger partial charge in [0.2, 0.25) is 0 Å². The number of halogens is 1. The van der Waals surface area contributed by atoms with Gasteiger partial charge in [-0.15, -0.1) is 0 Å². The van der Waals surface area contributed by atoms with Crippen molar-refractivity contribution in [3.63, 3.8) is 0 Å². The van der Waals surface area contributed by atoms with Crippen LogP contribution in [0.15, 0.2) is 18.2 Å². The lowest BCUT2D eigenvalue weighted by molar-refractivity contribution is -0.0574. The average molecular weight is 241 g/mol. The van der Waals surface area contributed by atoms with Gasteiger partial charge in [0.25, 0.3) is 0 Å². The lowest BCUT2D eigenvalue weighted by atomic mass is 9.72. The summed E-state index contributed by atoms with van der Waals surface area (Å²) in [6, 6.07) is 4.07. The summed E-state index contributed by atoms with van der Waals surface area (Å²) in [5.41, 5.74) is 4.20. The van der Waals surface area contributed by atoms with E-state index in [1.165, 1.54) is 25.3 Å². The van der Waals surface area contributed by atoms with Crippen LogP contribution in [0.4, 0.5) is 4.39 Å². The molecular weight excluding hydrogens is 221 g/mol. The van der Waals surface area contributed by atoms with E-state index in [1.54, 1.807) is 0 Å². The lowest BCUT2D eigenvalue weighted by Gasteiger charge is -2.40. The SMILES string of the molecule is COc1ccc(F)cc1C(O)(CN)C(C)(C)C. The summed E-state index contributed by atoms with van der Waals surface area (Å²) < 4.78 is 18.5. The predicted molar refractivity (Wildman–Crippen MR) is 65.4 cm³/mol. The number of hydrogen-bond donors (Lipinski definition) is 2. The van der Waals surface area contributed by atoms with Crippen LogP contribution < -0.4 is 10.5 Å². The zero-order chi connectivity index (χ0) is 13.3. The second-order valence-electron chi connectivity index (χ2n) is 5.16. The maximum atomic E-state index is 13.3. The van der Waals surface area contributed by atoms with E-state index < -0.39 is 16.8 Å². The van der Waals surface area contributed by atoms with Gasteiger partial charge in [0.15, 0.2) is 0 Å². The fraction of sp³-hybridized carbons (Fsp3) is 0.538. The summed E-state index contributed by atoms with van der Waals surface area (Å²) in [5, 5.41) is 10.7. The number of ether oxygens (including phenoxy) is 1. The highest BCUT2D eigenvalue weighted by atomic mass is 19.1. The van der Waals surface area contributed by atoms with E-state index in [2.05, 4.69) is 0 Å². The van der Waals surface area contributed by atoms with E-state index in [4.69, 9.17) is 10.5 Å². The molecule has 0 radical (unpaired) electrons. The topological polar surface area (TPSA) is 55.5 Å². The smallest absolute Gasteiger partial charge is 0.125 e. The van der Waals surface area contributed by atoms with Gasteiger partial charge in [0.1, 0.15) is 17.2 Å². The zero-order valence-corrected chi connectivity index (χ0v) is 10.7. The normalized spacial score (nSPS) is 15.5. The minimum atomic E-state index is -1.33. The highest BCUT2D eigenvalue weighted by Crippen LogP contribution is 2.42. The third kappa shape index (κ3) is 2.42. The van der Waals surface area contributed by atoms with Gasteiger partial charge >= 0.3 is 0 Å². The largest absolute Gasteiger partial charge is 0.496 e. The molecular formula is C13H20FNO2. The second-order valence-corrected chi connectivity index (χ2v) is 5.16. The third-order valence-electron chi connectivity index (χ3n) is 3.14. The Kier molecular flexibility index (Phi) is 3.79. The van der Waals surface area contributed by atoms with E-state index >= 15 is 0 Å². The quantitative estimate of drug-likeness (QED) is 0.851. The summed E-state index contributed by atoms with van der Waals surface area (Å²) >= 11 is 0. The van der Waals surface area contributed by atoms with E-state index in [0.717, 1.165) is 0 Å². The van der Waals surface area contributed by atoms with Gasteiger partial charge in [-0.2, -0.15) is 0 Å². The molecule has 1 atom stereocenters. The Morgan fingerprint density at radius 2 is 1.94 bits per heavy atom. The Morgan fingerprint density at radius 3 is 2.35 bits per heavy atom. The van der Waals surface area contributed by atoms with Crippen molar-refractivity contribution in [3.8, 4) is 5.75 Å². The molecule has 1 aromatic rings. The molecule has 0 amide bonds. The number of rotatable bonds is 3. The number of aliphatic hydroxyl groups is 1. The van der Waals surface area contributed by atoms with Crippen LogP contribution in [-0.2, 0) is 5.60 Å². The zero-order valence-electron chi connectivity index (χ0n) is 10.7. The Bertz CT molecular complexity index is 401. The van der Waals surface area contributed by atoms with E-state index in [-0.39, 0.29) is 6.54 Å². The molecule has 3 nitrogen and oxygen atoms in total. The van der Waals surface area contributed by atoms with Gasteiger partial charge in [0, 0.05) is 12.1 Å². The van der Waals surface area contributed by atoms with Gasteiger partial charge < -0.3 is 15.6 Å². The van der Waals surface area contributed by atoms with Gasteiger partial charge in [-0.25, -0.2) is 4.39 Å². The molecule has 17 heavy (non-hydrogen) atoms. The first-order valence-electron chi connectivity index (χ1n) is 5.52. The maximum Gasteiger partial charge on any atom is 0.125 e. The molecule has 0 aliphatic heterocycles. The Morgan fingerprint density at radius 1 is 1.35 bits per heavy atom. The molecule has 0 fully saturated rings. The van der Waals surface area contributed by atoms with Crippen LogP contribution in [0, 0.1) is 11.2 Å². The van der Waals surface area contributed by atoms with Crippen LogP contribution in [0.5, 0.6) is 5.75 Å². The number of nitrogens with two attached hydrogens (primary N) is 1. The van der Waals surface area contributed by atoms with Gasteiger partial charge in [-0.05, 0) is 23.6 Å². The molecule has 1 rings (SSSR count). The molecule has 0 heterocycles. The maximum absolute atomic E-state index is 13.3. The Labute approximate surface area is 101 Å². The molecule has 0 saturated carbocycles. The first-order chi connectivity index (χ1) is 7.76. The van der Waals surface area contributed by atoms with Gasteiger partial charge in [-0.1, -0.05) is 20.8 Å². The molecule has 0 spiro atoms. The standard InChI is InChI=1S/C13H20FNO2/c1-12(2,3)13(16,8-15)10-7-9(14)5-6-11(10)17-4/h5-7,16H,8,15H2,1-4H3.